The first kappa shape index (κ1) is 20.9. The van der Waals surface area contributed by atoms with E-state index < -0.39 is 0 Å². The van der Waals surface area contributed by atoms with E-state index in [1.54, 1.807) is 18.3 Å². The maximum absolute atomic E-state index is 12.9. The van der Waals surface area contributed by atoms with E-state index >= 15 is 0 Å². The summed E-state index contributed by atoms with van der Waals surface area (Å²) in [4.78, 5) is 17.3. The molecule has 1 atom stereocenters. The molecule has 0 saturated heterocycles. The normalized spacial score (nSPS) is 12.0. The van der Waals surface area contributed by atoms with E-state index in [1.807, 2.05) is 58.0 Å². The molecule has 2 heterocycles. The highest BCUT2D eigenvalue weighted by Crippen LogP contribution is 2.25. The third kappa shape index (κ3) is 5.84. The topological polar surface area (TPSA) is 77.2 Å². The van der Waals surface area contributed by atoms with Gasteiger partial charge in [0.15, 0.2) is 0 Å². The number of rotatable bonds is 8. The standard InChI is InChI=1S/C22H25N3O3S/c1-14(2)27-19-8-5-7-17(12-19)16(4)24-21(26)20-9-6-10-23-22(20)29-13-18-11-15(3)28-25-18/h5-12,14,16H,13H2,1-4H3,(H,24,26)/t16-/m1/s1. The van der Waals surface area contributed by atoms with Crippen LogP contribution in [0.1, 0.15) is 54.2 Å². The third-order valence-corrected chi connectivity index (χ3v) is 5.17. The molecule has 0 aliphatic heterocycles. The van der Waals surface area contributed by atoms with Crippen molar-refractivity contribution in [3.05, 3.63) is 71.2 Å². The monoisotopic (exact) mass is 411 g/mol. The number of nitrogens with zero attached hydrogens (tertiary/aromatic N) is 2. The Hall–Kier alpha value is -2.80. The average molecular weight is 412 g/mol. The summed E-state index contributed by atoms with van der Waals surface area (Å²) >= 11 is 1.46. The fraction of sp³-hybridized carbons (Fsp3) is 0.318. The lowest BCUT2D eigenvalue weighted by Gasteiger charge is -2.17. The van der Waals surface area contributed by atoms with Crippen molar-refractivity contribution in [2.24, 2.45) is 0 Å². The summed E-state index contributed by atoms with van der Waals surface area (Å²) in [7, 11) is 0. The fourth-order valence-electron chi connectivity index (χ4n) is 2.79. The van der Waals surface area contributed by atoms with Crippen LogP contribution in [0.4, 0.5) is 0 Å². The Balaban J connectivity index is 1.69. The molecule has 2 aromatic heterocycles. The van der Waals surface area contributed by atoms with E-state index in [-0.39, 0.29) is 18.1 Å². The highest BCUT2D eigenvalue weighted by Gasteiger charge is 2.17. The van der Waals surface area contributed by atoms with Crippen LogP contribution in [-0.4, -0.2) is 22.2 Å². The molecule has 6 nitrogen and oxygen atoms in total. The van der Waals surface area contributed by atoms with Crippen molar-refractivity contribution in [3.63, 3.8) is 0 Å². The molecular weight excluding hydrogens is 386 g/mol. The quantitative estimate of drug-likeness (QED) is 0.529. The van der Waals surface area contributed by atoms with Crippen LogP contribution in [-0.2, 0) is 5.75 Å². The molecule has 0 fully saturated rings. The van der Waals surface area contributed by atoms with Gasteiger partial charge in [-0.3, -0.25) is 4.79 Å². The summed E-state index contributed by atoms with van der Waals surface area (Å²) in [5, 5.41) is 7.70. The number of carbonyl (C=O) groups is 1. The Morgan fingerprint density at radius 1 is 1.21 bits per heavy atom. The first-order valence-electron chi connectivity index (χ1n) is 9.50. The maximum atomic E-state index is 12.9. The van der Waals surface area contributed by atoms with Crippen molar-refractivity contribution >= 4 is 17.7 Å². The zero-order valence-corrected chi connectivity index (χ0v) is 17.8. The number of amides is 1. The van der Waals surface area contributed by atoms with Crippen molar-refractivity contribution in [1.29, 1.82) is 0 Å². The highest BCUT2D eigenvalue weighted by molar-refractivity contribution is 7.98. The third-order valence-electron chi connectivity index (χ3n) is 4.13. The van der Waals surface area contributed by atoms with Crippen LogP contribution >= 0.6 is 11.8 Å². The second kappa shape index (κ2) is 9.60. The zero-order chi connectivity index (χ0) is 20.8. The van der Waals surface area contributed by atoms with Crippen molar-refractivity contribution in [3.8, 4) is 5.75 Å². The van der Waals surface area contributed by atoms with Gasteiger partial charge in [-0.25, -0.2) is 4.98 Å². The molecule has 0 unspecified atom stereocenters. The number of carbonyl (C=O) groups excluding carboxylic acids is 1. The molecular formula is C22H25N3O3S. The molecule has 3 aromatic rings. The van der Waals surface area contributed by atoms with Gasteiger partial charge in [0.1, 0.15) is 16.5 Å². The Morgan fingerprint density at radius 3 is 2.76 bits per heavy atom. The van der Waals surface area contributed by atoms with Gasteiger partial charge in [0.05, 0.1) is 23.4 Å². The Kier molecular flexibility index (Phi) is 6.93. The van der Waals surface area contributed by atoms with Gasteiger partial charge >= 0.3 is 0 Å². The Morgan fingerprint density at radius 2 is 2.03 bits per heavy atom. The molecule has 29 heavy (non-hydrogen) atoms. The fourth-order valence-corrected chi connectivity index (χ4v) is 3.67. The average Bonchev–Trinajstić information content (AvgIpc) is 3.11. The molecule has 7 heteroatoms. The van der Waals surface area contributed by atoms with Gasteiger partial charge in [-0.05, 0) is 57.5 Å². The summed E-state index contributed by atoms with van der Waals surface area (Å²) in [6.07, 6.45) is 1.78. The van der Waals surface area contributed by atoms with E-state index in [4.69, 9.17) is 9.26 Å². The van der Waals surface area contributed by atoms with Crippen LogP contribution in [0.2, 0.25) is 0 Å². The Labute approximate surface area is 175 Å². The lowest BCUT2D eigenvalue weighted by Crippen LogP contribution is -2.27. The minimum absolute atomic E-state index is 0.0960. The number of pyridine rings is 1. The number of ether oxygens (including phenoxy) is 1. The lowest BCUT2D eigenvalue weighted by atomic mass is 10.1. The summed E-state index contributed by atoms with van der Waals surface area (Å²) in [6.45, 7) is 7.77. The largest absolute Gasteiger partial charge is 0.491 e. The predicted molar refractivity (Wildman–Crippen MR) is 113 cm³/mol. The van der Waals surface area contributed by atoms with Gasteiger partial charge in [0.25, 0.3) is 5.91 Å². The smallest absolute Gasteiger partial charge is 0.254 e. The molecule has 0 saturated carbocycles. The maximum Gasteiger partial charge on any atom is 0.254 e. The number of nitrogens with one attached hydrogen (secondary N) is 1. The summed E-state index contributed by atoms with van der Waals surface area (Å²) < 4.78 is 10.8. The summed E-state index contributed by atoms with van der Waals surface area (Å²) in [6, 6.07) is 13.0. The van der Waals surface area contributed by atoms with E-state index in [0.717, 1.165) is 22.8 Å². The van der Waals surface area contributed by atoms with Crippen LogP contribution in [0.5, 0.6) is 5.75 Å². The summed E-state index contributed by atoms with van der Waals surface area (Å²) in [5.41, 5.74) is 2.34. The van der Waals surface area contributed by atoms with Crippen molar-refractivity contribution in [1.82, 2.24) is 15.5 Å². The van der Waals surface area contributed by atoms with Crippen molar-refractivity contribution in [2.45, 2.75) is 50.6 Å². The number of aryl methyl sites for hydroxylation is 1. The molecule has 1 N–H and O–H groups in total. The van der Waals surface area contributed by atoms with Gasteiger partial charge in [0, 0.05) is 18.0 Å². The highest BCUT2D eigenvalue weighted by atomic mass is 32.2. The molecule has 1 aromatic carbocycles. The lowest BCUT2D eigenvalue weighted by molar-refractivity contribution is 0.0936. The van der Waals surface area contributed by atoms with E-state index in [2.05, 4.69) is 15.5 Å². The van der Waals surface area contributed by atoms with Gasteiger partial charge in [-0.15, -0.1) is 0 Å². The second-order valence-electron chi connectivity index (χ2n) is 7.01. The molecule has 0 radical (unpaired) electrons. The molecule has 0 aliphatic carbocycles. The number of thioether (sulfide) groups is 1. The number of benzene rings is 1. The Bertz CT molecular complexity index is 971. The van der Waals surface area contributed by atoms with Crippen molar-refractivity contribution < 1.29 is 14.1 Å². The van der Waals surface area contributed by atoms with E-state index in [9.17, 15) is 4.79 Å². The first-order valence-corrected chi connectivity index (χ1v) is 10.5. The van der Waals surface area contributed by atoms with E-state index in [1.165, 1.54) is 11.8 Å². The number of hydrogen-bond acceptors (Lipinski definition) is 6. The molecule has 3 rings (SSSR count). The van der Waals surface area contributed by atoms with Crippen LogP contribution < -0.4 is 10.1 Å². The zero-order valence-electron chi connectivity index (χ0n) is 17.0. The molecule has 152 valence electrons. The van der Waals surface area contributed by atoms with Crippen LogP contribution in [0.25, 0.3) is 0 Å². The van der Waals surface area contributed by atoms with Gasteiger partial charge in [-0.1, -0.05) is 29.1 Å². The predicted octanol–water partition coefficient (Wildman–Crippen LogP) is 4.95. The molecule has 1 amide bonds. The minimum Gasteiger partial charge on any atom is -0.491 e. The van der Waals surface area contributed by atoms with Crippen LogP contribution in [0, 0.1) is 6.92 Å². The van der Waals surface area contributed by atoms with Crippen LogP contribution in [0.3, 0.4) is 0 Å². The van der Waals surface area contributed by atoms with Crippen LogP contribution in [0.15, 0.2) is 58.2 Å². The number of hydrogen-bond donors (Lipinski definition) is 1. The van der Waals surface area contributed by atoms with Gasteiger partial charge in [-0.2, -0.15) is 0 Å². The molecule has 0 bridgehead atoms. The SMILES string of the molecule is Cc1cc(CSc2ncccc2C(=O)N[C@H](C)c2cccc(OC(C)C)c2)no1. The summed E-state index contributed by atoms with van der Waals surface area (Å²) in [5.74, 6) is 1.97. The van der Waals surface area contributed by atoms with E-state index in [0.29, 0.717) is 16.3 Å². The first-order chi connectivity index (χ1) is 13.9. The minimum atomic E-state index is -0.172. The second-order valence-corrected chi connectivity index (χ2v) is 7.97. The van der Waals surface area contributed by atoms with Gasteiger partial charge in [0.2, 0.25) is 0 Å². The number of aromatic nitrogens is 2. The van der Waals surface area contributed by atoms with Crippen molar-refractivity contribution in [2.75, 3.05) is 0 Å². The molecule has 0 aliphatic rings. The molecule has 0 spiro atoms. The van der Waals surface area contributed by atoms with Gasteiger partial charge < -0.3 is 14.6 Å².